The van der Waals surface area contributed by atoms with Gasteiger partial charge < -0.3 is 28.1 Å². The summed E-state index contributed by atoms with van der Waals surface area (Å²) in [6.45, 7) is 38.5. The molecule has 4 amide bonds. The molecule has 2 fully saturated rings. The molecular formula is C70H102B2F2N4O10. The van der Waals surface area contributed by atoms with Crippen LogP contribution in [0.15, 0.2) is 60.7 Å². The second-order valence-corrected chi connectivity index (χ2v) is 29.1. The second kappa shape index (κ2) is 28.1. The van der Waals surface area contributed by atoms with Gasteiger partial charge in [-0.2, -0.15) is 8.78 Å². The Balaban J connectivity index is 1.27. The molecule has 3 atom stereocenters. The van der Waals surface area contributed by atoms with E-state index in [1.165, 1.54) is 10.0 Å². The molecule has 482 valence electrons. The van der Waals surface area contributed by atoms with E-state index < -0.39 is 70.7 Å². The van der Waals surface area contributed by atoms with Gasteiger partial charge in [-0.1, -0.05) is 116 Å². The smallest absolute Gasteiger partial charge is 0.457 e. The number of hydrogen-bond acceptors (Lipinski definition) is 10. The molecule has 2 N–H and O–H groups in total. The van der Waals surface area contributed by atoms with Gasteiger partial charge in [0.15, 0.2) is 0 Å². The van der Waals surface area contributed by atoms with E-state index in [2.05, 4.69) is 45.5 Å². The predicted molar refractivity (Wildman–Crippen MR) is 347 cm³/mol. The standard InChI is InChI=1S/C70H102B2F2N4O10/c1-23-26-56(65(8,9)10)77(75-60(79)54-31-29-50(58(83-22)47(54)6)27-24-33-71-85-67(14,15)68(16,17)86-71)63(82)53-40-45(4)36-49(42-53)37-46(5)41-57(66(11,12)13)78(62(81)52-38-43(2)35-44(3)39-52)76-61(80)55-32-30-51(59(48(55)7)84-64(73)74)28-25-34-72-87-69(18,19)70(20,21)88-72/h29-32,35-36,38-40,42,46,56-57,64H,23-28,33-34,37,41H2,1-22H3,(H,75,79)(H,76,80)/t46?,56-,57-/m1/s1. The first-order chi connectivity index (χ1) is 40.7. The Morgan fingerprint density at radius 2 is 0.989 bits per heavy atom. The molecule has 2 aliphatic heterocycles. The number of ether oxygens (including phenoxy) is 2. The number of carbonyl (C=O) groups excluding carboxylic acids is 4. The molecule has 18 heteroatoms. The van der Waals surface area contributed by atoms with Crippen LogP contribution in [0.1, 0.15) is 229 Å². The van der Waals surface area contributed by atoms with Crippen LogP contribution in [0.3, 0.4) is 0 Å². The first-order valence-electron chi connectivity index (χ1n) is 31.6. The van der Waals surface area contributed by atoms with E-state index in [4.69, 9.17) is 28.1 Å². The van der Waals surface area contributed by atoms with Crippen molar-refractivity contribution >= 4 is 37.9 Å². The fraction of sp³-hybridized carbons (Fsp3) is 0.600. The number of carbonyl (C=O) groups is 4. The molecule has 6 rings (SSSR count). The zero-order valence-electron chi connectivity index (χ0n) is 57.0. The Morgan fingerprint density at radius 3 is 1.40 bits per heavy atom. The van der Waals surface area contributed by atoms with Crippen LogP contribution in [0.2, 0.25) is 12.6 Å². The number of rotatable bonds is 23. The summed E-state index contributed by atoms with van der Waals surface area (Å²) in [4.78, 5) is 59.9. The van der Waals surface area contributed by atoms with Crippen molar-refractivity contribution in [2.75, 3.05) is 7.11 Å². The molecule has 1 unspecified atom stereocenters. The third-order valence-electron chi connectivity index (χ3n) is 18.4. The lowest BCUT2D eigenvalue weighted by Gasteiger charge is -2.41. The Bertz CT molecular complexity index is 3100. The SMILES string of the molecule is CCC[C@@H](N(NC(=O)c1ccc(CCCB2OC(C)(C)C(C)(C)O2)c(OC)c1C)C(=O)c1cc(C)cc(CC(C)C[C@@H](N(NC(=O)c2ccc(CCCB3OC(C)(C)C(C)(C)O3)c(OC(F)F)c2C)C(=O)c2cc(C)cc(C)c2)C(C)(C)C)c1)C(C)(C)C. The van der Waals surface area contributed by atoms with Gasteiger partial charge in [0.1, 0.15) is 11.5 Å². The predicted octanol–water partition coefficient (Wildman–Crippen LogP) is 15.4. The first-order valence-corrected chi connectivity index (χ1v) is 31.6. The van der Waals surface area contributed by atoms with Gasteiger partial charge in [-0.3, -0.25) is 30.0 Å². The summed E-state index contributed by atoms with van der Waals surface area (Å²) in [5.41, 5.74) is 10.2. The van der Waals surface area contributed by atoms with Crippen molar-refractivity contribution < 1.29 is 56.1 Å². The monoisotopic (exact) mass is 1220 g/mol. The lowest BCUT2D eigenvalue weighted by molar-refractivity contribution is -0.0509. The van der Waals surface area contributed by atoms with E-state index >= 15 is 9.59 Å². The number of hydrogen-bond donors (Lipinski definition) is 2. The lowest BCUT2D eigenvalue weighted by Crippen LogP contribution is -2.57. The topological polar surface area (TPSA) is 154 Å². The van der Waals surface area contributed by atoms with Crippen molar-refractivity contribution in [3.8, 4) is 11.5 Å². The molecule has 2 saturated heterocycles. The van der Waals surface area contributed by atoms with Crippen molar-refractivity contribution in [2.45, 2.75) is 251 Å². The zero-order valence-corrected chi connectivity index (χ0v) is 57.0. The highest BCUT2D eigenvalue weighted by Crippen LogP contribution is 2.41. The Hall–Kier alpha value is -5.81. The lowest BCUT2D eigenvalue weighted by atomic mass is 9.79. The number of halogens is 2. The third-order valence-corrected chi connectivity index (χ3v) is 18.4. The van der Waals surface area contributed by atoms with E-state index in [0.29, 0.717) is 84.7 Å². The number of aryl methyl sites for hydroxylation is 5. The number of nitrogens with zero attached hydrogens (tertiary/aromatic N) is 2. The van der Waals surface area contributed by atoms with Crippen LogP contribution in [-0.4, -0.2) is 96.1 Å². The van der Waals surface area contributed by atoms with Gasteiger partial charge >= 0.3 is 20.8 Å². The average Bonchev–Trinajstić information content (AvgIpc) is 1.69. The first kappa shape index (κ1) is 71.3. The van der Waals surface area contributed by atoms with Crippen LogP contribution in [0.4, 0.5) is 8.78 Å². The van der Waals surface area contributed by atoms with E-state index in [1.54, 1.807) is 44.4 Å². The summed E-state index contributed by atoms with van der Waals surface area (Å²) in [5.74, 6) is -1.48. The van der Waals surface area contributed by atoms with Crippen molar-refractivity contribution in [2.24, 2.45) is 16.7 Å². The highest BCUT2D eigenvalue weighted by Gasteiger charge is 2.52. The number of benzene rings is 4. The van der Waals surface area contributed by atoms with Crippen molar-refractivity contribution in [1.82, 2.24) is 20.9 Å². The molecule has 0 spiro atoms. The van der Waals surface area contributed by atoms with Crippen LogP contribution >= 0.6 is 0 Å². The van der Waals surface area contributed by atoms with Gasteiger partial charge in [0.25, 0.3) is 23.6 Å². The number of amides is 4. The van der Waals surface area contributed by atoms with Crippen LogP contribution in [-0.2, 0) is 37.9 Å². The highest BCUT2D eigenvalue weighted by molar-refractivity contribution is 6.45. The number of nitrogens with one attached hydrogen (secondary N) is 2. The largest absolute Gasteiger partial charge is 0.496 e. The normalized spacial score (nSPS) is 17.1. The molecule has 2 heterocycles. The summed E-state index contributed by atoms with van der Waals surface area (Å²) < 4.78 is 64.4. The molecule has 0 aliphatic carbocycles. The molecule has 0 radical (unpaired) electrons. The molecule has 0 bridgehead atoms. The maximum atomic E-state index is 15.3. The molecule has 4 aromatic carbocycles. The Kier molecular flexibility index (Phi) is 22.8. The average molecular weight is 1220 g/mol. The van der Waals surface area contributed by atoms with E-state index in [9.17, 15) is 18.4 Å². The maximum absolute atomic E-state index is 15.3. The van der Waals surface area contributed by atoms with Crippen LogP contribution < -0.4 is 20.3 Å². The van der Waals surface area contributed by atoms with Gasteiger partial charge in [-0.05, 0) is 205 Å². The minimum Gasteiger partial charge on any atom is -0.496 e. The molecule has 0 aromatic heterocycles. The van der Waals surface area contributed by atoms with Gasteiger partial charge in [0.05, 0.1) is 41.6 Å². The molecule has 14 nitrogen and oxygen atoms in total. The maximum Gasteiger partial charge on any atom is 0.457 e. The second-order valence-electron chi connectivity index (χ2n) is 29.1. The van der Waals surface area contributed by atoms with Crippen molar-refractivity contribution in [3.63, 3.8) is 0 Å². The molecule has 88 heavy (non-hydrogen) atoms. The highest BCUT2D eigenvalue weighted by atomic mass is 19.3. The fourth-order valence-electron chi connectivity index (χ4n) is 12.3. The van der Waals surface area contributed by atoms with Crippen molar-refractivity contribution in [1.29, 1.82) is 0 Å². The van der Waals surface area contributed by atoms with Crippen molar-refractivity contribution in [3.05, 3.63) is 127 Å². The van der Waals surface area contributed by atoms with Gasteiger partial charge in [0, 0.05) is 33.4 Å². The van der Waals surface area contributed by atoms with E-state index in [0.717, 1.165) is 40.7 Å². The van der Waals surface area contributed by atoms with Crippen LogP contribution in [0.5, 0.6) is 11.5 Å². The fourth-order valence-corrected chi connectivity index (χ4v) is 12.3. The minimum absolute atomic E-state index is 0.0769. The summed E-state index contributed by atoms with van der Waals surface area (Å²) in [6, 6.07) is 17.3. The quantitative estimate of drug-likeness (QED) is 0.0542. The summed E-state index contributed by atoms with van der Waals surface area (Å²) in [5, 5.41) is 2.94. The summed E-state index contributed by atoms with van der Waals surface area (Å²) in [6.07, 6.45) is 5.85. The number of hydrazine groups is 2. The van der Waals surface area contributed by atoms with Gasteiger partial charge in [0.2, 0.25) is 0 Å². The number of alkyl halides is 2. The molecule has 2 aliphatic rings. The zero-order chi connectivity index (χ0) is 65.8. The molecular weight excluding hydrogens is 1120 g/mol. The Labute approximate surface area is 525 Å². The molecule has 0 saturated carbocycles. The van der Waals surface area contributed by atoms with E-state index in [1.807, 2.05) is 134 Å². The summed E-state index contributed by atoms with van der Waals surface area (Å²) in [7, 11) is 0.817. The molecule has 4 aromatic rings. The number of methoxy groups -OCH3 is 1. The van der Waals surface area contributed by atoms with E-state index in [-0.39, 0.29) is 41.9 Å². The summed E-state index contributed by atoms with van der Waals surface area (Å²) >= 11 is 0. The Morgan fingerprint density at radius 1 is 0.591 bits per heavy atom. The minimum atomic E-state index is -3.16. The van der Waals surface area contributed by atoms with Gasteiger partial charge in [-0.25, -0.2) is 10.0 Å². The van der Waals surface area contributed by atoms with Gasteiger partial charge in [-0.15, -0.1) is 0 Å². The third kappa shape index (κ3) is 17.2. The van der Waals surface area contributed by atoms with Crippen LogP contribution in [0, 0.1) is 51.4 Å². The van der Waals surface area contributed by atoms with Crippen LogP contribution in [0.25, 0.3) is 0 Å².